The van der Waals surface area contributed by atoms with Crippen molar-refractivity contribution in [1.29, 1.82) is 0 Å². The van der Waals surface area contributed by atoms with Gasteiger partial charge in [0, 0.05) is 17.5 Å². The summed E-state index contributed by atoms with van der Waals surface area (Å²) < 4.78 is 10.5. The Hall–Kier alpha value is -1.27. The van der Waals surface area contributed by atoms with Crippen LogP contribution in [0.5, 0.6) is 0 Å². The minimum Gasteiger partial charge on any atom is -0.263 e. The molecular formula is C9H7NOP+. The van der Waals surface area contributed by atoms with E-state index in [1.807, 2.05) is 36.4 Å². The molecule has 1 aromatic carbocycles. The van der Waals surface area contributed by atoms with Gasteiger partial charge in [0.25, 0.3) is 13.9 Å². The van der Waals surface area contributed by atoms with Crippen LogP contribution >= 0.6 is 8.46 Å². The summed E-state index contributed by atoms with van der Waals surface area (Å²) in [5.74, 6) is 0. The fraction of sp³-hybridized carbons (Fsp3) is 0. The van der Waals surface area contributed by atoms with Gasteiger partial charge in [-0.05, 0) is 12.1 Å². The molecule has 0 fully saturated rings. The van der Waals surface area contributed by atoms with Crippen molar-refractivity contribution in [2.75, 3.05) is 0 Å². The van der Waals surface area contributed by atoms with Crippen LogP contribution < -0.4 is 10.4 Å². The summed E-state index contributed by atoms with van der Waals surface area (Å²) in [5.41, 5.74) is 1.71. The maximum atomic E-state index is 10.5. The van der Waals surface area contributed by atoms with Crippen LogP contribution in [0.25, 0.3) is 10.9 Å². The van der Waals surface area contributed by atoms with Crippen molar-refractivity contribution >= 4 is 24.8 Å². The van der Waals surface area contributed by atoms with Crippen LogP contribution in [-0.4, -0.2) is 0 Å². The highest BCUT2D eigenvalue weighted by molar-refractivity contribution is 7.33. The average Bonchev–Trinajstić information content (AvgIpc) is 2.17. The van der Waals surface area contributed by atoms with Crippen molar-refractivity contribution in [3.05, 3.63) is 36.4 Å². The van der Waals surface area contributed by atoms with E-state index in [2.05, 4.69) is 4.98 Å². The van der Waals surface area contributed by atoms with Crippen LogP contribution in [-0.2, 0) is 4.57 Å². The second-order valence-electron chi connectivity index (χ2n) is 2.52. The van der Waals surface area contributed by atoms with E-state index in [-0.39, 0.29) is 8.46 Å². The molecule has 0 atom stereocenters. The molecule has 12 heavy (non-hydrogen) atoms. The highest BCUT2D eigenvalue weighted by Gasteiger charge is 2.02. The van der Waals surface area contributed by atoms with E-state index < -0.39 is 0 Å². The van der Waals surface area contributed by atoms with Crippen LogP contribution in [0.15, 0.2) is 36.4 Å². The minimum absolute atomic E-state index is 0.0329. The number of benzene rings is 1. The largest absolute Gasteiger partial charge is 0.271 e. The Bertz CT molecular complexity index is 428. The molecule has 1 aromatic heterocycles. The number of rotatable bonds is 1. The molecule has 1 N–H and O–H groups in total. The summed E-state index contributed by atoms with van der Waals surface area (Å²) in [6.07, 6.45) is 0. The molecule has 2 nitrogen and oxygen atoms in total. The first kappa shape index (κ1) is 7.38. The molecule has 0 saturated carbocycles. The monoisotopic (exact) mass is 176 g/mol. The SMILES string of the molecule is O=Pc1ccc2ccccc2[nH+]1. The average molecular weight is 176 g/mol. The molecule has 0 unspecified atom stereocenters. The van der Waals surface area contributed by atoms with Crippen molar-refractivity contribution < 1.29 is 9.55 Å². The molecule has 0 radical (unpaired) electrons. The van der Waals surface area contributed by atoms with E-state index in [1.165, 1.54) is 0 Å². The molecule has 58 valence electrons. The highest BCUT2D eigenvalue weighted by atomic mass is 31.1. The fourth-order valence-electron chi connectivity index (χ4n) is 1.16. The van der Waals surface area contributed by atoms with E-state index >= 15 is 0 Å². The van der Waals surface area contributed by atoms with Gasteiger partial charge in [-0.25, -0.2) is 0 Å². The molecule has 0 amide bonds. The summed E-state index contributed by atoms with van der Waals surface area (Å²) in [5, 5.41) is 1.13. The number of hydrogen-bond acceptors (Lipinski definition) is 1. The zero-order valence-electron chi connectivity index (χ0n) is 6.32. The molecule has 2 aromatic rings. The Morgan fingerprint density at radius 3 is 2.75 bits per heavy atom. The van der Waals surface area contributed by atoms with Gasteiger partial charge in [0.1, 0.15) is 0 Å². The predicted octanol–water partition coefficient (Wildman–Crippen LogP) is 1.57. The fourth-order valence-corrected chi connectivity index (χ4v) is 1.46. The van der Waals surface area contributed by atoms with Gasteiger partial charge in [-0.1, -0.05) is 12.1 Å². The molecule has 3 heteroatoms. The molecule has 0 aliphatic heterocycles. The first-order valence-corrected chi connectivity index (χ1v) is 4.46. The number of nitrogens with one attached hydrogen (secondary N) is 1. The van der Waals surface area contributed by atoms with Crippen LogP contribution in [0.4, 0.5) is 0 Å². The van der Waals surface area contributed by atoms with Crippen molar-refractivity contribution in [2.24, 2.45) is 0 Å². The van der Waals surface area contributed by atoms with E-state index in [9.17, 15) is 4.57 Å². The standard InChI is InChI=1S/C9H6NOP/c11-12-9-6-5-7-3-1-2-4-8(7)10-9/h1-6H/p+1. The van der Waals surface area contributed by atoms with E-state index in [0.29, 0.717) is 5.44 Å². The van der Waals surface area contributed by atoms with Gasteiger partial charge in [0.2, 0.25) is 5.52 Å². The van der Waals surface area contributed by atoms with Crippen molar-refractivity contribution in [3.8, 4) is 0 Å². The van der Waals surface area contributed by atoms with Crippen molar-refractivity contribution in [1.82, 2.24) is 0 Å². The van der Waals surface area contributed by atoms with E-state index in [1.54, 1.807) is 0 Å². The van der Waals surface area contributed by atoms with Gasteiger partial charge in [-0.3, -0.25) is 4.57 Å². The first-order chi connectivity index (χ1) is 5.90. The van der Waals surface area contributed by atoms with Crippen molar-refractivity contribution in [2.45, 2.75) is 0 Å². The summed E-state index contributed by atoms with van der Waals surface area (Å²) in [7, 11) is 0.0329. The highest BCUT2D eigenvalue weighted by Crippen LogP contribution is 2.06. The van der Waals surface area contributed by atoms with Gasteiger partial charge in [-0.2, -0.15) is 4.98 Å². The number of para-hydroxylation sites is 1. The molecule has 1 heterocycles. The summed E-state index contributed by atoms with van der Waals surface area (Å²) in [6.45, 7) is 0. The molecule has 0 bridgehead atoms. The number of aromatic amines is 1. The number of fused-ring (bicyclic) bond motifs is 1. The zero-order chi connectivity index (χ0) is 8.39. The molecule has 0 spiro atoms. The van der Waals surface area contributed by atoms with Crippen LogP contribution in [0.2, 0.25) is 0 Å². The number of aromatic nitrogens is 1. The third kappa shape index (κ3) is 1.21. The van der Waals surface area contributed by atoms with Crippen LogP contribution in [0, 0.1) is 0 Å². The first-order valence-electron chi connectivity index (χ1n) is 3.64. The molecular weight excluding hydrogens is 169 g/mol. The Kier molecular flexibility index (Phi) is 1.84. The topological polar surface area (TPSA) is 31.2 Å². The lowest BCUT2D eigenvalue weighted by Gasteiger charge is -1.88. The lowest BCUT2D eigenvalue weighted by atomic mass is 10.2. The van der Waals surface area contributed by atoms with Crippen LogP contribution in [0.1, 0.15) is 0 Å². The van der Waals surface area contributed by atoms with E-state index in [4.69, 9.17) is 0 Å². The number of hydrogen-bond donors (Lipinski definition) is 0. The van der Waals surface area contributed by atoms with Gasteiger partial charge >= 0.3 is 0 Å². The van der Waals surface area contributed by atoms with E-state index in [0.717, 1.165) is 10.9 Å². The molecule has 0 aliphatic carbocycles. The number of pyridine rings is 1. The molecule has 0 saturated heterocycles. The van der Waals surface area contributed by atoms with Gasteiger partial charge in [0.15, 0.2) is 0 Å². The minimum atomic E-state index is 0.0329. The maximum absolute atomic E-state index is 10.5. The summed E-state index contributed by atoms with van der Waals surface area (Å²) in [6, 6.07) is 11.7. The molecule has 2 rings (SSSR count). The second kappa shape index (κ2) is 3.00. The zero-order valence-corrected chi connectivity index (χ0v) is 7.21. The summed E-state index contributed by atoms with van der Waals surface area (Å²) in [4.78, 5) is 3.05. The lowest BCUT2D eigenvalue weighted by molar-refractivity contribution is -0.320. The quantitative estimate of drug-likeness (QED) is 0.607. The lowest BCUT2D eigenvalue weighted by Crippen LogP contribution is -2.21. The van der Waals surface area contributed by atoms with Gasteiger partial charge < -0.3 is 0 Å². The number of H-pyrrole nitrogens is 1. The Balaban J connectivity index is 2.75. The van der Waals surface area contributed by atoms with Gasteiger partial charge in [-0.15, -0.1) is 0 Å². The van der Waals surface area contributed by atoms with Crippen LogP contribution in [0.3, 0.4) is 0 Å². The van der Waals surface area contributed by atoms with Gasteiger partial charge in [0.05, 0.1) is 0 Å². The molecule has 0 aliphatic rings. The Morgan fingerprint density at radius 2 is 1.92 bits per heavy atom. The third-order valence-electron chi connectivity index (χ3n) is 1.74. The summed E-state index contributed by atoms with van der Waals surface area (Å²) >= 11 is 0. The Morgan fingerprint density at radius 1 is 1.08 bits per heavy atom. The van der Waals surface area contributed by atoms with Crippen molar-refractivity contribution in [3.63, 3.8) is 0 Å². The normalized spacial score (nSPS) is 10.7. The third-order valence-corrected chi connectivity index (χ3v) is 2.20. The smallest absolute Gasteiger partial charge is 0.263 e. The maximum Gasteiger partial charge on any atom is 0.271 e. The Labute approximate surface area is 71.5 Å². The second-order valence-corrected chi connectivity index (χ2v) is 3.19. The predicted molar refractivity (Wildman–Crippen MR) is 47.7 cm³/mol.